The van der Waals surface area contributed by atoms with E-state index in [1.54, 1.807) is 50.3 Å². The molecule has 1 N–H and O–H groups in total. The summed E-state index contributed by atoms with van der Waals surface area (Å²) in [5.41, 5.74) is 3.80. The van der Waals surface area contributed by atoms with Crippen LogP contribution in [-0.4, -0.2) is 37.0 Å². The minimum atomic E-state index is -0.677. The number of benzene rings is 3. The number of carbonyl (C=O) groups is 2. The molecule has 0 spiro atoms. The van der Waals surface area contributed by atoms with E-state index < -0.39 is 6.04 Å². The average molecular weight is 495 g/mol. The molecule has 0 aliphatic heterocycles. The highest BCUT2D eigenvalue weighted by atomic mass is 35.5. The van der Waals surface area contributed by atoms with Gasteiger partial charge < -0.3 is 19.7 Å². The number of carbonyl (C=O) groups excluding carboxylic acids is 2. The van der Waals surface area contributed by atoms with Crippen molar-refractivity contribution in [2.75, 3.05) is 14.2 Å². The molecule has 35 heavy (non-hydrogen) atoms. The Balaban J connectivity index is 1.77. The van der Waals surface area contributed by atoms with Crippen LogP contribution >= 0.6 is 11.6 Å². The van der Waals surface area contributed by atoms with Crippen LogP contribution < -0.4 is 14.8 Å². The molecular weight excluding hydrogens is 464 g/mol. The van der Waals surface area contributed by atoms with Gasteiger partial charge in [-0.2, -0.15) is 0 Å². The molecule has 3 aromatic carbocycles. The van der Waals surface area contributed by atoms with Gasteiger partial charge in [-0.3, -0.25) is 9.59 Å². The Morgan fingerprint density at radius 3 is 2.11 bits per heavy atom. The van der Waals surface area contributed by atoms with Crippen LogP contribution in [0.3, 0.4) is 0 Å². The lowest BCUT2D eigenvalue weighted by Gasteiger charge is -2.29. The molecule has 6 nitrogen and oxygen atoms in total. The molecular formula is C28H31ClN2O4. The maximum atomic E-state index is 13.4. The third-order valence-electron chi connectivity index (χ3n) is 5.82. The molecule has 184 valence electrons. The molecule has 0 bridgehead atoms. The fourth-order valence-corrected chi connectivity index (χ4v) is 3.80. The zero-order chi connectivity index (χ0) is 25.4. The Labute approximate surface area is 211 Å². The Morgan fingerprint density at radius 1 is 0.886 bits per heavy atom. The van der Waals surface area contributed by atoms with Gasteiger partial charge in [0.15, 0.2) is 11.5 Å². The van der Waals surface area contributed by atoms with Crippen molar-refractivity contribution in [3.05, 3.63) is 94.0 Å². The molecule has 0 aliphatic carbocycles. The Morgan fingerprint density at radius 2 is 1.49 bits per heavy atom. The molecule has 0 heterocycles. The maximum absolute atomic E-state index is 13.4. The van der Waals surface area contributed by atoms with Gasteiger partial charge in [0.2, 0.25) is 11.8 Å². The zero-order valence-corrected chi connectivity index (χ0v) is 21.3. The minimum Gasteiger partial charge on any atom is -0.493 e. The highest BCUT2D eigenvalue weighted by Gasteiger charge is 2.26. The molecule has 3 rings (SSSR count). The van der Waals surface area contributed by atoms with Crippen LogP contribution in [0.1, 0.15) is 29.2 Å². The Bertz CT molecular complexity index is 1150. The van der Waals surface area contributed by atoms with Crippen molar-refractivity contribution in [2.45, 2.75) is 39.4 Å². The summed E-state index contributed by atoms with van der Waals surface area (Å²) in [5, 5.41) is 3.57. The molecule has 0 radical (unpaired) electrons. The molecule has 1 atom stereocenters. The molecule has 0 aliphatic rings. The van der Waals surface area contributed by atoms with Crippen molar-refractivity contribution in [3.63, 3.8) is 0 Å². The van der Waals surface area contributed by atoms with E-state index in [1.807, 2.05) is 49.4 Å². The van der Waals surface area contributed by atoms with E-state index >= 15 is 0 Å². The summed E-state index contributed by atoms with van der Waals surface area (Å²) in [4.78, 5) is 28.1. The van der Waals surface area contributed by atoms with E-state index in [0.29, 0.717) is 23.1 Å². The van der Waals surface area contributed by atoms with E-state index in [-0.39, 0.29) is 24.8 Å². The molecule has 3 aromatic rings. The summed E-state index contributed by atoms with van der Waals surface area (Å²) in [6.45, 7) is 4.43. The van der Waals surface area contributed by atoms with Gasteiger partial charge in [0.25, 0.3) is 0 Å². The molecule has 2 amide bonds. The lowest BCUT2D eigenvalue weighted by molar-refractivity contribution is -0.140. The summed E-state index contributed by atoms with van der Waals surface area (Å²) in [6.07, 6.45) is 0.115. The van der Waals surface area contributed by atoms with E-state index in [4.69, 9.17) is 21.1 Å². The number of hydrogen-bond acceptors (Lipinski definition) is 4. The van der Waals surface area contributed by atoms with E-state index in [0.717, 1.165) is 22.3 Å². The van der Waals surface area contributed by atoms with Gasteiger partial charge in [0, 0.05) is 18.1 Å². The average Bonchev–Trinajstić information content (AvgIpc) is 2.87. The second kappa shape index (κ2) is 12.3. The topological polar surface area (TPSA) is 67.9 Å². The fourth-order valence-electron chi connectivity index (χ4n) is 3.68. The normalized spacial score (nSPS) is 11.5. The highest BCUT2D eigenvalue weighted by molar-refractivity contribution is 6.30. The first kappa shape index (κ1) is 26.1. The molecule has 7 heteroatoms. The van der Waals surface area contributed by atoms with Gasteiger partial charge in [0.05, 0.1) is 20.6 Å². The second-order valence-corrected chi connectivity index (χ2v) is 8.83. The number of halogens is 1. The number of hydrogen-bond donors (Lipinski definition) is 1. The van der Waals surface area contributed by atoms with Gasteiger partial charge in [-0.15, -0.1) is 0 Å². The number of methoxy groups -OCH3 is 2. The standard InChI is InChI=1S/C28H31ClN2O4/c1-19-5-7-21(8-6-19)17-30-28(33)20(2)31(18-22-9-12-24(29)13-10-22)27(32)16-23-11-14-25(34-3)26(15-23)35-4/h5-15,20H,16-18H2,1-4H3,(H,30,33)/t20-/m0/s1. The summed E-state index contributed by atoms with van der Waals surface area (Å²) in [5.74, 6) is 0.738. The van der Waals surface area contributed by atoms with E-state index in [1.165, 1.54) is 0 Å². The number of ether oxygens (including phenoxy) is 2. The number of amides is 2. The Hall–Kier alpha value is -3.51. The first-order valence-corrected chi connectivity index (χ1v) is 11.8. The van der Waals surface area contributed by atoms with Crippen LogP contribution in [0.25, 0.3) is 0 Å². The number of aryl methyl sites for hydroxylation is 1. The predicted molar refractivity (Wildman–Crippen MR) is 138 cm³/mol. The first-order valence-electron chi connectivity index (χ1n) is 11.4. The van der Waals surface area contributed by atoms with Crippen molar-refractivity contribution >= 4 is 23.4 Å². The molecule has 0 aromatic heterocycles. The van der Waals surface area contributed by atoms with Crippen molar-refractivity contribution < 1.29 is 19.1 Å². The zero-order valence-electron chi connectivity index (χ0n) is 20.5. The van der Waals surface area contributed by atoms with Crippen LogP contribution in [0.5, 0.6) is 11.5 Å². The first-order chi connectivity index (χ1) is 16.8. The Kier molecular flexibility index (Phi) is 9.15. The van der Waals surface area contributed by atoms with Gasteiger partial charge in [-0.05, 0) is 54.8 Å². The summed E-state index contributed by atoms with van der Waals surface area (Å²) in [7, 11) is 3.12. The molecule has 0 saturated heterocycles. The van der Waals surface area contributed by atoms with E-state index in [2.05, 4.69) is 5.32 Å². The minimum absolute atomic E-state index is 0.115. The molecule has 0 fully saturated rings. The van der Waals surface area contributed by atoms with Gasteiger partial charge in [0.1, 0.15) is 6.04 Å². The third kappa shape index (κ3) is 7.23. The predicted octanol–water partition coefficient (Wildman–Crippen LogP) is 4.94. The monoisotopic (exact) mass is 494 g/mol. The van der Waals surface area contributed by atoms with Gasteiger partial charge >= 0.3 is 0 Å². The number of nitrogens with one attached hydrogen (secondary N) is 1. The van der Waals surface area contributed by atoms with Crippen LogP contribution in [0.4, 0.5) is 0 Å². The van der Waals surface area contributed by atoms with Crippen molar-refractivity contribution in [1.82, 2.24) is 10.2 Å². The number of rotatable bonds is 10. The van der Waals surface area contributed by atoms with Crippen molar-refractivity contribution in [2.24, 2.45) is 0 Å². The smallest absolute Gasteiger partial charge is 0.242 e. The second-order valence-electron chi connectivity index (χ2n) is 8.39. The number of nitrogens with zero attached hydrogens (tertiary/aromatic N) is 1. The largest absolute Gasteiger partial charge is 0.493 e. The van der Waals surface area contributed by atoms with E-state index in [9.17, 15) is 9.59 Å². The quantitative estimate of drug-likeness (QED) is 0.433. The van der Waals surface area contributed by atoms with Crippen molar-refractivity contribution in [1.29, 1.82) is 0 Å². The van der Waals surface area contributed by atoms with Gasteiger partial charge in [-0.1, -0.05) is 59.6 Å². The fraction of sp³-hybridized carbons (Fsp3) is 0.286. The van der Waals surface area contributed by atoms with Crippen LogP contribution in [-0.2, 0) is 29.1 Å². The molecule has 0 saturated carbocycles. The summed E-state index contributed by atoms with van der Waals surface area (Å²) in [6, 6.07) is 19.9. The van der Waals surface area contributed by atoms with Crippen molar-refractivity contribution in [3.8, 4) is 11.5 Å². The molecule has 0 unspecified atom stereocenters. The van der Waals surface area contributed by atoms with Gasteiger partial charge in [-0.25, -0.2) is 0 Å². The summed E-state index contributed by atoms with van der Waals surface area (Å²) >= 11 is 6.03. The van der Waals surface area contributed by atoms with Crippen LogP contribution in [0, 0.1) is 6.92 Å². The van der Waals surface area contributed by atoms with Crippen LogP contribution in [0.15, 0.2) is 66.7 Å². The SMILES string of the molecule is COc1ccc(CC(=O)N(Cc2ccc(Cl)cc2)[C@@H](C)C(=O)NCc2ccc(C)cc2)cc1OC. The summed E-state index contributed by atoms with van der Waals surface area (Å²) < 4.78 is 10.7. The maximum Gasteiger partial charge on any atom is 0.242 e. The van der Waals surface area contributed by atoms with Crippen LogP contribution in [0.2, 0.25) is 5.02 Å². The third-order valence-corrected chi connectivity index (χ3v) is 6.08. The lowest BCUT2D eigenvalue weighted by Crippen LogP contribution is -2.48. The lowest BCUT2D eigenvalue weighted by atomic mass is 10.1. The highest BCUT2D eigenvalue weighted by Crippen LogP contribution is 2.28.